The minimum absolute atomic E-state index is 0.207. The highest BCUT2D eigenvalue weighted by Crippen LogP contribution is 2.17. The summed E-state index contributed by atoms with van der Waals surface area (Å²) >= 11 is 0. The Morgan fingerprint density at radius 3 is 2.91 bits per heavy atom. The summed E-state index contributed by atoms with van der Waals surface area (Å²) < 4.78 is 1.45. The van der Waals surface area contributed by atoms with E-state index in [4.69, 9.17) is 0 Å². The number of pyridine rings is 1. The fraction of sp³-hybridized carbons (Fsp3) is 0.647. The highest BCUT2D eigenvalue weighted by Gasteiger charge is 2.23. The monoisotopic (exact) mass is 320 g/mol. The van der Waals surface area contributed by atoms with Crippen LogP contribution in [0.4, 0.5) is 10.5 Å². The van der Waals surface area contributed by atoms with Crippen LogP contribution in [0.25, 0.3) is 0 Å². The summed E-state index contributed by atoms with van der Waals surface area (Å²) in [7, 11) is 1.66. The van der Waals surface area contributed by atoms with Crippen LogP contribution in [0.3, 0.4) is 0 Å². The van der Waals surface area contributed by atoms with Gasteiger partial charge in [0.1, 0.15) is 5.69 Å². The lowest BCUT2D eigenvalue weighted by atomic mass is 10.0. The summed E-state index contributed by atoms with van der Waals surface area (Å²) in [5.41, 5.74) is 0.0944. The molecule has 0 aromatic carbocycles. The quantitative estimate of drug-likeness (QED) is 0.872. The number of amides is 2. The second kappa shape index (κ2) is 8.15. The Kier molecular flexibility index (Phi) is 6.21. The van der Waals surface area contributed by atoms with E-state index < -0.39 is 0 Å². The molecule has 23 heavy (non-hydrogen) atoms. The molecule has 0 bridgehead atoms. The number of carbonyl (C=O) groups is 1. The number of anilines is 1. The van der Waals surface area contributed by atoms with Crippen molar-refractivity contribution in [3.63, 3.8) is 0 Å². The first kappa shape index (κ1) is 17.5. The van der Waals surface area contributed by atoms with E-state index in [-0.39, 0.29) is 11.6 Å². The van der Waals surface area contributed by atoms with E-state index in [9.17, 15) is 9.59 Å². The Morgan fingerprint density at radius 1 is 1.39 bits per heavy atom. The minimum Gasteiger partial charge on any atom is -0.336 e. The standard InChI is InChI=1S/C17H28N4O2/c1-13(2)12-21-10-5-4-7-14(21)11-18-17(23)19-15-8-6-9-20(3)16(15)22/h6,8-9,13-14H,4-5,7,10-12H2,1-3H3,(H2,18,19,23). The molecular weight excluding hydrogens is 292 g/mol. The van der Waals surface area contributed by atoms with Crippen molar-refractivity contribution in [1.82, 2.24) is 14.8 Å². The van der Waals surface area contributed by atoms with Gasteiger partial charge in [-0.1, -0.05) is 20.3 Å². The lowest BCUT2D eigenvalue weighted by Gasteiger charge is -2.36. The van der Waals surface area contributed by atoms with Gasteiger partial charge < -0.3 is 15.2 Å². The van der Waals surface area contributed by atoms with Crippen molar-refractivity contribution in [1.29, 1.82) is 0 Å². The van der Waals surface area contributed by atoms with Gasteiger partial charge in [-0.2, -0.15) is 0 Å². The number of rotatable bonds is 5. The predicted molar refractivity (Wildman–Crippen MR) is 92.8 cm³/mol. The molecule has 0 spiro atoms. The molecule has 1 saturated heterocycles. The van der Waals surface area contributed by atoms with Crippen molar-refractivity contribution >= 4 is 11.7 Å². The SMILES string of the molecule is CC(C)CN1CCCCC1CNC(=O)Nc1cccn(C)c1=O. The Labute approximate surface area is 137 Å². The molecule has 2 rings (SSSR count). The minimum atomic E-state index is -0.316. The third-order valence-electron chi connectivity index (χ3n) is 4.22. The van der Waals surface area contributed by atoms with Crippen LogP contribution in [-0.4, -0.2) is 41.2 Å². The molecule has 1 aliphatic rings. The molecule has 2 N–H and O–H groups in total. The smallest absolute Gasteiger partial charge is 0.319 e. The summed E-state index contributed by atoms with van der Waals surface area (Å²) in [6.45, 7) is 7.22. The molecule has 128 valence electrons. The van der Waals surface area contributed by atoms with E-state index >= 15 is 0 Å². The molecule has 2 amide bonds. The van der Waals surface area contributed by atoms with Crippen LogP contribution in [0.2, 0.25) is 0 Å². The zero-order chi connectivity index (χ0) is 16.8. The Bertz CT molecular complexity index is 582. The highest BCUT2D eigenvalue weighted by atomic mass is 16.2. The molecule has 2 heterocycles. The maximum atomic E-state index is 12.1. The van der Waals surface area contributed by atoms with Gasteiger partial charge >= 0.3 is 6.03 Å². The third kappa shape index (κ3) is 5.10. The van der Waals surface area contributed by atoms with Gasteiger partial charge in [0, 0.05) is 32.4 Å². The van der Waals surface area contributed by atoms with Crippen LogP contribution >= 0.6 is 0 Å². The van der Waals surface area contributed by atoms with E-state index in [0.717, 1.165) is 19.5 Å². The molecular formula is C17H28N4O2. The summed E-state index contributed by atoms with van der Waals surface area (Å²) in [6, 6.07) is 3.43. The number of nitrogens with zero attached hydrogens (tertiary/aromatic N) is 2. The van der Waals surface area contributed by atoms with Crippen LogP contribution < -0.4 is 16.2 Å². The van der Waals surface area contributed by atoms with Crippen LogP contribution in [0.1, 0.15) is 33.1 Å². The van der Waals surface area contributed by atoms with E-state index in [1.807, 2.05) is 0 Å². The number of likely N-dealkylation sites (tertiary alicyclic amines) is 1. The molecule has 0 saturated carbocycles. The predicted octanol–water partition coefficient (Wildman–Crippen LogP) is 2.02. The average Bonchev–Trinajstić information content (AvgIpc) is 2.50. The second-order valence-electron chi connectivity index (χ2n) is 6.71. The molecule has 1 aromatic rings. The zero-order valence-corrected chi connectivity index (χ0v) is 14.3. The van der Waals surface area contributed by atoms with Gasteiger partial charge in [0.25, 0.3) is 5.56 Å². The second-order valence-corrected chi connectivity index (χ2v) is 6.71. The summed E-state index contributed by atoms with van der Waals surface area (Å²) in [6.07, 6.45) is 5.22. The van der Waals surface area contributed by atoms with Gasteiger partial charge in [-0.3, -0.25) is 9.69 Å². The number of carbonyl (C=O) groups excluding carboxylic acids is 1. The number of hydrogen-bond acceptors (Lipinski definition) is 3. The number of urea groups is 1. The van der Waals surface area contributed by atoms with E-state index in [0.29, 0.717) is 24.2 Å². The van der Waals surface area contributed by atoms with Crippen LogP contribution in [0, 0.1) is 5.92 Å². The van der Waals surface area contributed by atoms with Gasteiger partial charge in [-0.25, -0.2) is 4.79 Å². The zero-order valence-electron chi connectivity index (χ0n) is 14.3. The van der Waals surface area contributed by atoms with Gasteiger partial charge in [0.05, 0.1) is 0 Å². The van der Waals surface area contributed by atoms with Crippen LogP contribution in [0.15, 0.2) is 23.1 Å². The first-order chi connectivity index (χ1) is 11.0. The first-order valence-electron chi connectivity index (χ1n) is 8.42. The fourth-order valence-corrected chi connectivity index (χ4v) is 3.07. The third-order valence-corrected chi connectivity index (χ3v) is 4.22. The average molecular weight is 320 g/mol. The normalized spacial score (nSPS) is 18.9. The molecule has 1 fully saturated rings. The van der Waals surface area contributed by atoms with Crippen molar-refractivity contribution in [2.75, 3.05) is 25.0 Å². The molecule has 0 radical (unpaired) electrons. The fourth-order valence-electron chi connectivity index (χ4n) is 3.07. The molecule has 0 aliphatic carbocycles. The number of aryl methyl sites for hydroxylation is 1. The van der Waals surface area contributed by atoms with Crippen molar-refractivity contribution in [2.45, 2.75) is 39.2 Å². The lowest BCUT2D eigenvalue weighted by Crippen LogP contribution is -2.48. The van der Waals surface area contributed by atoms with Crippen LogP contribution in [-0.2, 0) is 7.05 Å². The van der Waals surface area contributed by atoms with Gasteiger partial charge in [0.2, 0.25) is 0 Å². The summed E-state index contributed by atoms with van der Waals surface area (Å²) in [5, 5.41) is 5.56. The van der Waals surface area contributed by atoms with Crippen molar-refractivity contribution in [3.8, 4) is 0 Å². The molecule has 1 unspecified atom stereocenters. The Morgan fingerprint density at radius 2 is 2.17 bits per heavy atom. The molecule has 6 heteroatoms. The van der Waals surface area contributed by atoms with Gasteiger partial charge in [-0.05, 0) is 37.4 Å². The Hall–Kier alpha value is -1.82. The van der Waals surface area contributed by atoms with E-state index in [2.05, 4.69) is 29.4 Å². The highest BCUT2D eigenvalue weighted by molar-refractivity contribution is 5.88. The first-order valence-corrected chi connectivity index (χ1v) is 8.42. The van der Waals surface area contributed by atoms with Crippen LogP contribution in [0.5, 0.6) is 0 Å². The van der Waals surface area contributed by atoms with E-state index in [1.165, 1.54) is 17.4 Å². The molecule has 6 nitrogen and oxygen atoms in total. The largest absolute Gasteiger partial charge is 0.336 e. The number of piperidine rings is 1. The number of nitrogens with one attached hydrogen (secondary N) is 2. The Balaban J connectivity index is 1.87. The molecule has 1 atom stereocenters. The van der Waals surface area contributed by atoms with Crippen molar-refractivity contribution in [3.05, 3.63) is 28.7 Å². The summed E-state index contributed by atoms with van der Waals surface area (Å²) in [5.74, 6) is 0.622. The maximum absolute atomic E-state index is 12.1. The summed E-state index contributed by atoms with van der Waals surface area (Å²) in [4.78, 5) is 26.4. The number of hydrogen-bond donors (Lipinski definition) is 2. The molecule has 1 aromatic heterocycles. The van der Waals surface area contributed by atoms with Gasteiger partial charge in [-0.15, -0.1) is 0 Å². The lowest BCUT2D eigenvalue weighted by molar-refractivity contribution is 0.131. The van der Waals surface area contributed by atoms with Gasteiger partial charge in [0.15, 0.2) is 0 Å². The molecule has 1 aliphatic heterocycles. The van der Waals surface area contributed by atoms with Crippen molar-refractivity contribution < 1.29 is 4.79 Å². The number of aromatic nitrogens is 1. The van der Waals surface area contributed by atoms with E-state index in [1.54, 1.807) is 25.4 Å². The maximum Gasteiger partial charge on any atom is 0.319 e. The van der Waals surface area contributed by atoms with Crippen molar-refractivity contribution in [2.24, 2.45) is 13.0 Å². The topological polar surface area (TPSA) is 66.4 Å².